The third-order valence-corrected chi connectivity index (χ3v) is 3.52. The van der Waals surface area contributed by atoms with Crippen molar-refractivity contribution in [1.29, 1.82) is 0 Å². The number of carboxylic acids is 1. The van der Waals surface area contributed by atoms with Gasteiger partial charge in [-0.2, -0.15) is 0 Å². The molecule has 0 unspecified atom stereocenters. The summed E-state index contributed by atoms with van der Waals surface area (Å²) in [7, 11) is 1.87. The van der Waals surface area contributed by atoms with Crippen LogP contribution in [0.2, 0.25) is 5.02 Å². The number of rotatable bonds is 2. The van der Waals surface area contributed by atoms with Crippen molar-refractivity contribution < 1.29 is 9.90 Å². The smallest absolute Gasteiger partial charge is 0.335 e. The molecule has 0 spiro atoms. The number of benzene rings is 2. The second-order valence-corrected chi connectivity index (χ2v) is 4.90. The Hall–Kier alpha value is -2.33. The van der Waals surface area contributed by atoms with E-state index in [1.165, 1.54) is 0 Å². The molecule has 0 aliphatic rings. The van der Waals surface area contributed by atoms with Gasteiger partial charge in [0, 0.05) is 12.6 Å². The fraction of sp³-hybridized carbons (Fsp3) is 0.0667. The fourth-order valence-electron chi connectivity index (χ4n) is 2.27. The number of hydrogen-bond acceptors (Lipinski definition) is 2. The molecule has 0 fully saturated rings. The van der Waals surface area contributed by atoms with Crippen LogP contribution >= 0.6 is 11.6 Å². The summed E-state index contributed by atoms with van der Waals surface area (Å²) in [4.78, 5) is 15.6. The van der Waals surface area contributed by atoms with Crippen LogP contribution in [0.5, 0.6) is 0 Å². The van der Waals surface area contributed by atoms with Crippen LogP contribution in [0.1, 0.15) is 10.4 Å². The molecule has 3 rings (SSSR count). The largest absolute Gasteiger partial charge is 0.478 e. The SMILES string of the molecule is Cn1c(-c2cccc(C(=O)O)c2)nc2cccc(Cl)c21. The van der Waals surface area contributed by atoms with Crippen LogP contribution in [0.4, 0.5) is 0 Å². The van der Waals surface area contributed by atoms with Gasteiger partial charge in [-0.1, -0.05) is 29.8 Å². The summed E-state index contributed by atoms with van der Waals surface area (Å²) in [5.41, 5.74) is 2.61. The molecule has 1 N–H and O–H groups in total. The first kappa shape index (κ1) is 12.7. The van der Waals surface area contributed by atoms with Gasteiger partial charge >= 0.3 is 5.97 Å². The molecule has 20 heavy (non-hydrogen) atoms. The molecule has 2 aromatic carbocycles. The summed E-state index contributed by atoms with van der Waals surface area (Å²) in [5.74, 6) is -0.264. The molecular weight excluding hydrogens is 276 g/mol. The Bertz CT molecular complexity index is 824. The van der Waals surface area contributed by atoms with Gasteiger partial charge in [0.25, 0.3) is 0 Å². The lowest BCUT2D eigenvalue weighted by atomic mass is 10.1. The first-order valence-corrected chi connectivity index (χ1v) is 6.40. The van der Waals surface area contributed by atoms with E-state index in [9.17, 15) is 4.79 Å². The lowest BCUT2D eigenvalue weighted by Gasteiger charge is -2.04. The Balaban J connectivity index is 2.25. The van der Waals surface area contributed by atoms with Crippen molar-refractivity contribution in [2.24, 2.45) is 7.05 Å². The molecule has 0 aliphatic heterocycles. The van der Waals surface area contributed by atoms with Crippen molar-refractivity contribution in [3.8, 4) is 11.4 Å². The molecule has 3 aromatic rings. The number of fused-ring (bicyclic) bond motifs is 1. The number of imidazole rings is 1. The maximum absolute atomic E-state index is 11.0. The van der Waals surface area contributed by atoms with Crippen LogP contribution in [-0.2, 0) is 7.05 Å². The van der Waals surface area contributed by atoms with Crippen LogP contribution in [0.25, 0.3) is 22.4 Å². The molecule has 0 radical (unpaired) electrons. The number of carbonyl (C=O) groups is 1. The lowest BCUT2D eigenvalue weighted by molar-refractivity contribution is 0.0697. The Kier molecular flexibility index (Phi) is 2.95. The minimum absolute atomic E-state index is 0.237. The van der Waals surface area contributed by atoms with Gasteiger partial charge in [-0.25, -0.2) is 9.78 Å². The van der Waals surface area contributed by atoms with Crippen LogP contribution in [0, 0.1) is 0 Å². The second kappa shape index (κ2) is 4.65. The molecule has 0 aliphatic carbocycles. The first-order chi connectivity index (χ1) is 9.58. The zero-order valence-corrected chi connectivity index (χ0v) is 11.4. The minimum Gasteiger partial charge on any atom is -0.478 e. The van der Waals surface area contributed by atoms with Gasteiger partial charge in [0.2, 0.25) is 0 Å². The van der Waals surface area contributed by atoms with E-state index in [0.29, 0.717) is 10.8 Å². The van der Waals surface area contributed by atoms with E-state index in [4.69, 9.17) is 16.7 Å². The normalized spacial score (nSPS) is 10.9. The van der Waals surface area contributed by atoms with Crippen LogP contribution in [0.3, 0.4) is 0 Å². The minimum atomic E-state index is -0.955. The van der Waals surface area contributed by atoms with Crippen LogP contribution < -0.4 is 0 Å². The molecule has 100 valence electrons. The Morgan fingerprint density at radius 2 is 2.00 bits per heavy atom. The van der Waals surface area contributed by atoms with E-state index in [1.807, 2.05) is 35.9 Å². The highest BCUT2D eigenvalue weighted by atomic mass is 35.5. The average molecular weight is 287 g/mol. The number of aromatic carboxylic acids is 1. The number of aromatic nitrogens is 2. The molecule has 0 atom stereocenters. The Labute approximate surface area is 120 Å². The molecule has 1 heterocycles. The second-order valence-electron chi connectivity index (χ2n) is 4.49. The molecule has 0 amide bonds. The molecule has 1 aromatic heterocycles. The molecule has 0 saturated carbocycles. The summed E-state index contributed by atoms with van der Waals surface area (Å²) in [6, 6.07) is 12.2. The van der Waals surface area contributed by atoms with Gasteiger partial charge in [-0.05, 0) is 24.3 Å². The zero-order valence-electron chi connectivity index (χ0n) is 10.7. The Morgan fingerprint density at radius 1 is 1.25 bits per heavy atom. The van der Waals surface area contributed by atoms with Gasteiger partial charge < -0.3 is 9.67 Å². The summed E-state index contributed by atoms with van der Waals surface area (Å²) < 4.78 is 1.87. The predicted octanol–water partition coefficient (Wildman–Crippen LogP) is 3.59. The topological polar surface area (TPSA) is 55.1 Å². The first-order valence-electron chi connectivity index (χ1n) is 6.02. The van der Waals surface area contributed by atoms with Crippen LogP contribution in [0.15, 0.2) is 42.5 Å². The summed E-state index contributed by atoms with van der Waals surface area (Å²) in [6.45, 7) is 0. The van der Waals surface area contributed by atoms with Gasteiger partial charge in [0.15, 0.2) is 0 Å². The highest BCUT2D eigenvalue weighted by molar-refractivity contribution is 6.35. The maximum Gasteiger partial charge on any atom is 0.335 e. The van der Waals surface area contributed by atoms with Gasteiger partial charge in [-0.3, -0.25) is 0 Å². The van der Waals surface area contributed by atoms with Crippen molar-refractivity contribution in [2.75, 3.05) is 0 Å². The molecular formula is C15H11ClN2O2. The number of halogens is 1. The van der Waals surface area contributed by atoms with Crippen molar-refractivity contribution in [3.05, 3.63) is 53.1 Å². The molecule has 4 nitrogen and oxygen atoms in total. The highest BCUT2D eigenvalue weighted by Crippen LogP contribution is 2.28. The van der Waals surface area contributed by atoms with Gasteiger partial charge in [0.1, 0.15) is 5.82 Å². The van der Waals surface area contributed by atoms with E-state index >= 15 is 0 Å². The standard InChI is InChI=1S/C15H11ClN2O2/c1-18-13-11(16)6-3-7-12(13)17-14(18)9-4-2-5-10(8-9)15(19)20/h2-8H,1H3,(H,19,20). The molecule has 0 bridgehead atoms. The number of para-hydroxylation sites is 1. The fourth-order valence-corrected chi connectivity index (χ4v) is 2.57. The highest BCUT2D eigenvalue weighted by Gasteiger charge is 2.13. The maximum atomic E-state index is 11.0. The zero-order chi connectivity index (χ0) is 14.3. The van der Waals surface area contributed by atoms with Crippen molar-refractivity contribution in [2.45, 2.75) is 0 Å². The number of hydrogen-bond donors (Lipinski definition) is 1. The predicted molar refractivity (Wildman–Crippen MR) is 78.1 cm³/mol. The van der Waals surface area contributed by atoms with E-state index in [1.54, 1.807) is 18.2 Å². The third kappa shape index (κ3) is 1.94. The van der Waals surface area contributed by atoms with E-state index < -0.39 is 5.97 Å². The number of aryl methyl sites for hydroxylation is 1. The third-order valence-electron chi connectivity index (χ3n) is 3.21. The van der Waals surface area contributed by atoms with Crippen molar-refractivity contribution in [1.82, 2.24) is 9.55 Å². The van der Waals surface area contributed by atoms with E-state index in [0.717, 1.165) is 16.6 Å². The Morgan fingerprint density at radius 3 is 2.70 bits per heavy atom. The van der Waals surface area contributed by atoms with Crippen molar-refractivity contribution >= 4 is 28.6 Å². The van der Waals surface area contributed by atoms with Gasteiger partial charge in [0.05, 0.1) is 21.6 Å². The lowest BCUT2D eigenvalue weighted by Crippen LogP contribution is -1.98. The summed E-state index contributed by atoms with van der Waals surface area (Å²) in [5, 5.41) is 9.68. The molecule has 0 saturated heterocycles. The number of nitrogens with zero attached hydrogens (tertiary/aromatic N) is 2. The van der Waals surface area contributed by atoms with E-state index in [2.05, 4.69) is 4.98 Å². The monoisotopic (exact) mass is 286 g/mol. The molecule has 5 heteroatoms. The van der Waals surface area contributed by atoms with Crippen molar-refractivity contribution in [3.63, 3.8) is 0 Å². The average Bonchev–Trinajstić information content (AvgIpc) is 2.77. The van der Waals surface area contributed by atoms with Crippen LogP contribution in [-0.4, -0.2) is 20.6 Å². The number of carboxylic acid groups (broad SMARTS) is 1. The van der Waals surface area contributed by atoms with E-state index in [-0.39, 0.29) is 5.56 Å². The summed E-state index contributed by atoms with van der Waals surface area (Å²) in [6.07, 6.45) is 0. The van der Waals surface area contributed by atoms with Gasteiger partial charge in [-0.15, -0.1) is 0 Å². The summed E-state index contributed by atoms with van der Waals surface area (Å²) >= 11 is 6.19. The quantitative estimate of drug-likeness (QED) is 0.783.